The minimum atomic E-state index is -0.688. The van der Waals surface area contributed by atoms with Crippen LogP contribution in [0.5, 0.6) is 0 Å². The summed E-state index contributed by atoms with van der Waals surface area (Å²) in [5.41, 5.74) is 5.80. The molecule has 11 heavy (non-hydrogen) atoms. The van der Waals surface area contributed by atoms with Crippen molar-refractivity contribution in [1.29, 1.82) is 0 Å². The molecule has 0 spiro atoms. The molecular weight excluding hydrogens is 143 g/mol. The molecule has 2 unspecified atom stereocenters. The molecule has 0 aromatic carbocycles. The predicted molar refractivity (Wildman–Crippen MR) is 42.0 cm³/mol. The van der Waals surface area contributed by atoms with Crippen LogP contribution in [0.3, 0.4) is 0 Å². The van der Waals surface area contributed by atoms with Crippen LogP contribution >= 0.6 is 0 Å². The Labute approximate surface area is 66.5 Å². The van der Waals surface area contributed by atoms with Crippen molar-refractivity contribution in [2.24, 2.45) is 11.7 Å². The third kappa shape index (κ3) is 1.16. The molecule has 0 bridgehead atoms. The fourth-order valence-electron chi connectivity index (χ4n) is 2.01. The fraction of sp³-hybridized carbons (Fsp3) is 1.00. The van der Waals surface area contributed by atoms with E-state index in [1.165, 1.54) is 0 Å². The number of halogens is 1. The molecule has 0 aromatic heterocycles. The Morgan fingerprint density at radius 1 is 1.45 bits per heavy atom. The smallest absolute Gasteiger partial charge is 0.118 e. The lowest BCUT2D eigenvalue weighted by Crippen LogP contribution is -2.38. The topological polar surface area (TPSA) is 29.3 Å². The Kier molecular flexibility index (Phi) is 1.48. The molecule has 2 rings (SSSR count). The second-order valence-electron chi connectivity index (χ2n) is 4.08. The minimum Gasteiger partial charge on any atom is -0.325 e. The number of nitrogens with zero attached hydrogens (tertiary/aromatic N) is 1. The average Bonchev–Trinajstić information content (AvgIpc) is 2.55. The van der Waals surface area contributed by atoms with Crippen LogP contribution in [-0.4, -0.2) is 36.7 Å². The van der Waals surface area contributed by atoms with Crippen LogP contribution in [0.25, 0.3) is 0 Å². The summed E-state index contributed by atoms with van der Waals surface area (Å²) in [6.07, 6.45) is 1.35. The molecule has 1 saturated heterocycles. The third-order valence-electron chi connectivity index (χ3n) is 3.00. The fourth-order valence-corrected chi connectivity index (χ4v) is 2.01. The largest absolute Gasteiger partial charge is 0.325 e. The first-order valence-electron chi connectivity index (χ1n) is 4.23. The molecule has 0 aromatic rings. The molecule has 2 atom stereocenters. The van der Waals surface area contributed by atoms with E-state index in [-0.39, 0.29) is 11.5 Å². The predicted octanol–water partition coefficient (Wildman–Crippen LogP) is 0.377. The zero-order valence-corrected chi connectivity index (χ0v) is 6.89. The van der Waals surface area contributed by atoms with Gasteiger partial charge in [0.2, 0.25) is 0 Å². The molecule has 2 N–H and O–H groups in total. The summed E-state index contributed by atoms with van der Waals surface area (Å²) in [6, 6.07) is 0. The summed E-state index contributed by atoms with van der Waals surface area (Å²) in [7, 11) is 1.96. The maximum atomic E-state index is 13.3. The molecule has 3 heteroatoms. The van der Waals surface area contributed by atoms with E-state index < -0.39 is 6.17 Å². The number of hydrogen-bond donors (Lipinski definition) is 1. The van der Waals surface area contributed by atoms with E-state index in [1.54, 1.807) is 0 Å². The molecule has 1 heterocycles. The number of likely N-dealkylation sites (tertiary alicyclic amines) is 1. The van der Waals surface area contributed by atoms with Gasteiger partial charge in [0.05, 0.1) is 0 Å². The molecule has 0 amide bonds. The molecule has 1 aliphatic carbocycles. The first kappa shape index (κ1) is 7.50. The van der Waals surface area contributed by atoms with Crippen LogP contribution in [0.15, 0.2) is 0 Å². The van der Waals surface area contributed by atoms with Crippen LogP contribution in [0, 0.1) is 5.92 Å². The van der Waals surface area contributed by atoms with E-state index >= 15 is 0 Å². The van der Waals surface area contributed by atoms with Crippen LogP contribution in [0.1, 0.15) is 12.8 Å². The highest BCUT2D eigenvalue weighted by molar-refractivity contribution is 5.09. The first-order chi connectivity index (χ1) is 5.12. The van der Waals surface area contributed by atoms with Gasteiger partial charge in [0.25, 0.3) is 0 Å². The van der Waals surface area contributed by atoms with Gasteiger partial charge in [-0.05, 0) is 19.9 Å². The quantitative estimate of drug-likeness (QED) is 0.597. The lowest BCUT2D eigenvalue weighted by Gasteiger charge is -2.18. The number of rotatable bonds is 1. The highest BCUT2D eigenvalue weighted by atomic mass is 19.1. The van der Waals surface area contributed by atoms with Crippen molar-refractivity contribution in [3.05, 3.63) is 0 Å². The van der Waals surface area contributed by atoms with E-state index in [4.69, 9.17) is 5.73 Å². The lowest BCUT2D eigenvalue weighted by atomic mass is 9.96. The molecule has 0 radical (unpaired) electrons. The SMILES string of the molecule is CN1CC(F)C(C2(N)CC2)C1. The summed E-state index contributed by atoms with van der Waals surface area (Å²) < 4.78 is 13.3. The summed E-state index contributed by atoms with van der Waals surface area (Å²) in [4.78, 5) is 2.03. The van der Waals surface area contributed by atoms with Crippen LogP contribution in [0.2, 0.25) is 0 Å². The molecule has 2 nitrogen and oxygen atoms in total. The number of alkyl halides is 1. The van der Waals surface area contributed by atoms with Crippen molar-refractivity contribution in [3.8, 4) is 0 Å². The molecule has 2 fully saturated rings. The van der Waals surface area contributed by atoms with Crippen LogP contribution < -0.4 is 5.73 Å². The standard InChI is InChI=1S/C8H15FN2/c1-11-4-6(7(9)5-11)8(10)2-3-8/h6-7H,2-5,10H2,1H3. The normalized spacial score (nSPS) is 42.8. The minimum absolute atomic E-state index is 0.104. The van der Waals surface area contributed by atoms with Gasteiger partial charge < -0.3 is 10.6 Å². The van der Waals surface area contributed by atoms with Crippen molar-refractivity contribution in [2.75, 3.05) is 20.1 Å². The second-order valence-corrected chi connectivity index (χ2v) is 4.08. The maximum absolute atomic E-state index is 13.3. The monoisotopic (exact) mass is 158 g/mol. The molecule has 64 valence electrons. The van der Waals surface area contributed by atoms with Crippen LogP contribution in [0.4, 0.5) is 4.39 Å². The van der Waals surface area contributed by atoms with Crippen molar-refractivity contribution >= 4 is 0 Å². The van der Waals surface area contributed by atoms with E-state index in [0.717, 1.165) is 19.4 Å². The Hall–Kier alpha value is -0.150. The average molecular weight is 158 g/mol. The summed E-state index contributed by atoms with van der Waals surface area (Å²) >= 11 is 0. The van der Waals surface area contributed by atoms with Gasteiger partial charge in [0, 0.05) is 24.5 Å². The number of nitrogens with two attached hydrogens (primary N) is 1. The summed E-state index contributed by atoms with van der Waals surface area (Å²) in [6.45, 7) is 1.42. The van der Waals surface area contributed by atoms with Gasteiger partial charge in [-0.1, -0.05) is 0 Å². The zero-order chi connectivity index (χ0) is 8.06. The van der Waals surface area contributed by atoms with Gasteiger partial charge in [-0.15, -0.1) is 0 Å². The summed E-state index contributed by atoms with van der Waals surface area (Å²) in [5, 5.41) is 0. The Bertz CT molecular complexity index is 167. The van der Waals surface area contributed by atoms with E-state index in [1.807, 2.05) is 11.9 Å². The lowest BCUT2D eigenvalue weighted by molar-refractivity contribution is 0.243. The third-order valence-corrected chi connectivity index (χ3v) is 3.00. The Morgan fingerprint density at radius 3 is 2.45 bits per heavy atom. The molecule has 1 saturated carbocycles. The molecule has 1 aliphatic heterocycles. The van der Waals surface area contributed by atoms with Gasteiger partial charge in [0.1, 0.15) is 6.17 Å². The highest BCUT2D eigenvalue weighted by Crippen LogP contribution is 2.44. The van der Waals surface area contributed by atoms with Gasteiger partial charge in [-0.25, -0.2) is 4.39 Å². The maximum Gasteiger partial charge on any atom is 0.118 e. The van der Waals surface area contributed by atoms with Crippen LogP contribution in [-0.2, 0) is 0 Å². The molecule has 2 aliphatic rings. The Balaban J connectivity index is 2.04. The van der Waals surface area contributed by atoms with Crippen molar-refractivity contribution in [1.82, 2.24) is 4.90 Å². The second kappa shape index (κ2) is 2.17. The van der Waals surface area contributed by atoms with Gasteiger partial charge in [0.15, 0.2) is 0 Å². The van der Waals surface area contributed by atoms with Gasteiger partial charge >= 0.3 is 0 Å². The van der Waals surface area contributed by atoms with E-state index in [2.05, 4.69) is 0 Å². The molecular formula is C8H15FN2. The van der Waals surface area contributed by atoms with Crippen molar-refractivity contribution in [2.45, 2.75) is 24.6 Å². The summed E-state index contributed by atoms with van der Waals surface area (Å²) in [5.74, 6) is 0.104. The van der Waals surface area contributed by atoms with E-state index in [9.17, 15) is 4.39 Å². The van der Waals surface area contributed by atoms with Crippen molar-refractivity contribution < 1.29 is 4.39 Å². The Morgan fingerprint density at radius 2 is 2.09 bits per heavy atom. The van der Waals surface area contributed by atoms with Gasteiger partial charge in [-0.2, -0.15) is 0 Å². The van der Waals surface area contributed by atoms with Gasteiger partial charge in [-0.3, -0.25) is 0 Å². The van der Waals surface area contributed by atoms with E-state index in [0.29, 0.717) is 6.54 Å². The number of hydrogen-bond acceptors (Lipinski definition) is 2. The first-order valence-corrected chi connectivity index (χ1v) is 4.23. The van der Waals surface area contributed by atoms with Crippen molar-refractivity contribution in [3.63, 3.8) is 0 Å². The highest BCUT2D eigenvalue weighted by Gasteiger charge is 2.51. The zero-order valence-electron chi connectivity index (χ0n) is 6.89.